The minimum atomic E-state index is 0.432. The van der Waals surface area contributed by atoms with Crippen molar-refractivity contribution in [2.45, 2.75) is 26.2 Å². The topological polar surface area (TPSA) is 66.7 Å². The van der Waals surface area contributed by atoms with E-state index >= 15 is 0 Å². The van der Waals surface area contributed by atoms with Crippen molar-refractivity contribution in [3.8, 4) is 11.6 Å². The third kappa shape index (κ3) is 2.73. The van der Waals surface area contributed by atoms with Gasteiger partial charge in [-0.1, -0.05) is 6.07 Å². The molecule has 0 aliphatic heterocycles. The van der Waals surface area contributed by atoms with Gasteiger partial charge < -0.3 is 4.74 Å². The second-order valence-electron chi connectivity index (χ2n) is 5.01. The second-order valence-corrected chi connectivity index (χ2v) is 5.01. The van der Waals surface area contributed by atoms with Crippen LogP contribution < -0.4 is 10.2 Å². The van der Waals surface area contributed by atoms with E-state index in [1.54, 1.807) is 18.3 Å². The van der Waals surface area contributed by atoms with E-state index in [0.29, 0.717) is 11.6 Å². The molecule has 0 bridgehead atoms. The third-order valence-electron chi connectivity index (χ3n) is 3.70. The molecule has 2 N–H and O–H groups in total. The molecule has 0 saturated carbocycles. The fourth-order valence-corrected chi connectivity index (χ4v) is 2.71. The van der Waals surface area contributed by atoms with Crippen molar-refractivity contribution in [1.82, 2.24) is 10.5 Å². The van der Waals surface area contributed by atoms with E-state index in [4.69, 9.17) is 9.94 Å². The highest BCUT2D eigenvalue weighted by Crippen LogP contribution is 2.37. The van der Waals surface area contributed by atoms with Crippen molar-refractivity contribution in [3.63, 3.8) is 0 Å². The highest BCUT2D eigenvalue weighted by molar-refractivity contribution is 5.63. The number of aliphatic imine (C=N–C) groups is 1. The summed E-state index contributed by atoms with van der Waals surface area (Å²) in [6.07, 6.45) is 6.16. The lowest BCUT2D eigenvalue weighted by molar-refractivity contribution is 0.240. The third-order valence-corrected chi connectivity index (χ3v) is 3.70. The number of nitrogens with zero attached hydrogens (tertiary/aromatic N) is 2. The summed E-state index contributed by atoms with van der Waals surface area (Å²) in [5.41, 5.74) is 6.43. The molecular weight excluding hydrogens is 266 g/mol. The number of ether oxygens (including phenoxy) is 1. The van der Waals surface area contributed by atoms with Crippen molar-refractivity contribution < 1.29 is 9.94 Å². The summed E-state index contributed by atoms with van der Waals surface area (Å²) in [4.78, 5) is 8.29. The first-order valence-electron chi connectivity index (χ1n) is 6.96. The average Bonchev–Trinajstić information content (AvgIpc) is 3.00. The molecule has 5 heteroatoms. The number of pyridine rings is 1. The number of aromatic nitrogens is 1. The van der Waals surface area contributed by atoms with Gasteiger partial charge in [0, 0.05) is 6.20 Å². The number of aryl methyl sites for hydroxylation is 1. The van der Waals surface area contributed by atoms with Crippen molar-refractivity contribution in [1.29, 1.82) is 0 Å². The number of rotatable bonds is 4. The lowest BCUT2D eigenvalue weighted by atomic mass is 10.0. The molecule has 1 aromatic carbocycles. The zero-order chi connectivity index (χ0) is 14.7. The quantitative estimate of drug-likeness (QED) is 0.513. The minimum Gasteiger partial charge on any atom is -0.437 e. The number of fused-ring (bicyclic) bond motifs is 1. The Kier molecular flexibility index (Phi) is 3.83. The van der Waals surface area contributed by atoms with Crippen molar-refractivity contribution >= 4 is 12.0 Å². The van der Waals surface area contributed by atoms with Crippen molar-refractivity contribution in [2.75, 3.05) is 0 Å². The van der Waals surface area contributed by atoms with Crippen LogP contribution in [-0.4, -0.2) is 16.5 Å². The summed E-state index contributed by atoms with van der Waals surface area (Å²) < 4.78 is 5.97. The van der Waals surface area contributed by atoms with Crippen molar-refractivity contribution in [3.05, 3.63) is 47.2 Å². The van der Waals surface area contributed by atoms with Crippen LogP contribution in [0, 0.1) is 6.92 Å². The highest BCUT2D eigenvalue weighted by atomic mass is 16.5. The van der Waals surface area contributed by atoms with Crippen LogP contribution >= 0.6 is 0 Å². The van der Waals surface area contributed by atoms with E-state index < -0.39 is 0 Å². The molecule has 1 heterocycles. The van der Waals surface area contributed by atoms with Crippen LogP contribution in [0.1, 0.15) is 23.1 Å². The first kappa shape index (κ1) is 13.6. The van der Waals surface area contributed by atoms with Crippen LogP contribution in [0.2, 0.25) is 0 Å². The molecule has 1 aromatic heterocycles. The van der Waals surface area contributed by atoms with Gasteiger partial charge in [-0.15, -0.1) is 0 Å². The van der Waals surface area contributed by atoms with Crippen LogP contribution in [0.3, 0.4) is 0 Å². The Morgan fingerprint density at radius 3 is 3.00 bits per heavy atom. The zero-order valence-corrected chi connectivity index (χ0v) is 11.8. The van der Waals surface area contributed by atoms with Crippen LogP contribution in [0.25, 0.3) is 0 Å². The van der Waals surface area contributed by atoms with E-state index in [1.807, 2.05) is 11.5 Å². The van der Waals surface area contributed by atoms with Gasteiger partial charge in [0.1, 0.15) is 17.8 Å². The SMILES string of the molecule is Cc1ccc(Oc2ncccc2N=CNO)c2c1CCC2. The summed E-state index contributed by atoms with van der Waals surface area (Å²) in [7, 11) is 0. The van der Waals surface area contributed by atoms with E-state index in [-0.39, 0.29) is 0 Å². The standard InChI is InChI=1S/C16H17N3O2/c1-11-7-8-15(13-5-2-4-12(11)13)21-16-14(18-10-19-20)6-3-9-17-16/h3,6-10,20H,2,4-5H2,1H3,(H,18,19). The Morgan fingerprint density at radius 1 is 1.29 bits per heavy atom. The van der Waals surface area contributed by atoms with E-state index in [9.17, 15) is 0 Å². The van der Waals surface area contributed by atoms with Crippen LogP contribution in [0.4, 0.5) is 5.69 Å². The van der Waals surface area contributed by atoms with Gasteiger partial charge in [-0.05, 0) is 61.1 Å². The van der Waals surface area contributed by atoms with Gasteiger partial charge in [0.05, 0.1) is 0 Å². The highest BCUT2D eigenvalue weighted by Gasteiger charge is 2.19. The molecule has 0 amide bonds. The van der Waals surface area contributed by atoms with Gasteiger partial charge in [0.2, 0.25) is 5.88 Å². The fraction of sp³-hybridized carbons (Fsp3) is 0.250. The number of hydroxylamine groups is 1. The predicted octanol–water partition coefficient (Wildman–Crippen LogP) is 3.31. The molecule has 0 unspecified atom stereocenters. The van der Waals surface area contributed by atoms with Crippen LogP contribution in [0.5, 0.6) is 11.6 Å². The summed E-state index contributed by atoms with van der Waals surface area (Å²) >= 11 is 0. The normalized spacial score (nSPS) is 13.4. The minimum absolute atomic E-state index is 0.432. The second kappa shape index (κ2) is 5.93. The molecule has 2 aromatic rings. The number of benzene rings is 1. The van der Waals surface area contributed by atoms with Crippen LogP contribution in [0.15, 0.2) is 35.5 Å². The summed E-state index contributed by atoms with van der Waals surface area (Å²) in [5, 5.41) is 8.61. The molecular formula is C16H17N3O2. The fourth-order valence-electron chi connectivity index (χ4n) is 2.71. The molecule has 21 heavy (non-hydrogen) atoms. The van der Waals surface area contributed by atoms with E-state index in [1.165, 1.54) is 23.0 Å². The van der Waals surface area contributed by atoms with Gasteiger partial charge >= 0.3 is 0 Å². The average molecular weight is 283 g/mol. The summed E-state index contributed by atoms with van der Waals surface area (Å²) in [6, 6.07) is 7.63. The maximum atomic E-state index is 8.61. The van der Waals surface area contributed by atoms with Gasteiger partial charge in [-0.2, -0.15) is 0 Å². The van der Waals surface area contributed by atoms with Gasteiger partial charge in [0.25, 0.3) is 0 Å². The molecule has 0 saturated heterocycles. The maximum Gasteiger partial charge on any atom is 0.245 e. The molecule has 1 aliphatic rings. The molecule has 5 nitrogen and oxygen atoms in total. The van der Waals surface area contributed by atoms with Gasteiger partial charge in [0.15, 0.2) is 0 Å². The molecule has 0 fully saturated rings. The molecule has 0 radical (unpaired) electrons. The number of hydrogen-bond donors (Lipinski definition) is 2. The lowest BCUT2D eigenvalue weighted by Gasteiger charge is -2.12. The van der Waals surface area contributed by atoms with E-state index in [2.05, 4.69) is 23.0 Å². The lowest BCUT2D eigenvalue weighted by Crippen LogP contribution is -2.01. The first-order chi connectivity index (χ1) is 10.3. The molecule has 108 valence electrons. The van der Waals surface area contributed by atoms with Crippen molar-refractivity contribution in [2.24, 2.45) is 4.99 Å². The summed E-state index contributed by atoms with van der Waals surface area (Å²) in [5.74, 6) is 1.28. The zero-order valence-electron chi connectivity index (χ0n) is 11.8. The molecule has 0 spiro atoms. The summed E-state index contributed by atoms with van der Waals surface area (Å²) in [6.45, 7) is 2.14. The Balaban J connectivity index is 1.95. The first-order valence-corrected chi connectivity index (χ1v) is 6.96. The maximum absolute atomic E-state index is 8.61. The van der Waals surface area contributed by atoms with Gasteiger partial charge in [-0.25, -0.2) is 9.98 Å². The Morgan fingerprint density at radius 2 is 2.14 bits per heavy atom. The Hall–Kier alpha value is -2.40. The van der Waals surface area contributed by atoms with Crippen LogP contribution in [-0.2, 0) is 12.8 Å². The Bertz CT molecular complexity index is 683. The largest absolute Gasteiger partial charge is 0.437 e. The monoisotopic (exact) mass is 283 g/mol. The molecule has 0 atom stereocenters. The number of hydrogen-bond acceptors (Lipinski definition) is 4. The smallest absolute Gasteiger partial charge is 0.245 e. The molecule has 1 aliphatic carbocycles. The van der Waals surface area contributed by atoms with Gasteiger partial charge in [-0.3, -0.25) is 10.7 Å². The Labute approximate surface area is 123 Å². The number of nitrogens with one attached hydrogen (secondary N) is 1. The predicted molar refractivity (Wildman–Crippen MR) is 80.6 cm³/mol. The van der Waals surface area contributed by atoms with E-state index in [0.717, 1.165) is 25.0 Å². The molecule has 3 rings (SSSR count).